The Kier molecular flexibility index (Phi) is 4.18. The Morgan fingerprint density at radius 2 is 1.96 bits per heavy atom. The summed E-state index contributed by atoms with van der Waals surface area (Å²) in [5.74, 6) is 0. The van der Waals surface area contributed by atoms with Crippen molar-refractivity contribution >= 4 is 37.7 Å². The van der Waals surface area contributed by atoms with Crippen molar-refractivity contribution in [3.05, 3.63) is 64.4 Å². The monoisotopic (exact) mass is 392 g/mol. The number of hydrogen-bond donors (Lipinski definition) is 1. The van der Waals surface area contributed by atoms with Crippen LogP contribution in [0.1, 0.15) is 11.1 Å². The first-order valence-electron chi connectivity index (χ1n) is 6.70. The lowest BCUT2D eigenvalue weighted by molar-refractivity contribution is 0.584. The van der Waals surface area contributed by atoms with Gasteiger partial charge in [0.2, 0.25) is 0 Å². The molecule has 0 aliphatic carbocycles. The van der Waals surface area contributed by atoms with E-state index < -0.39 is 10.0 Å². The van der Waals surface area contributed by atoms with Crippen molar-refractivity contribution in [1.29, 1.82) is 0 Å². The first-order chi connectivity index (χ1) is 11.0. The molecular formula is C15H13BrN4O2S. The van der Waals surface area contributed by atoms with Crippen molar-refractivity contribution in [2.45, 2.75) is 11.8 Å². The predicted molar refractivity (Wildman–Crippen MR) is 92.0 cm³/mol. The van der Waals surface area contributed by atoms with Crippen LogP contribution in [0.15, 0.2) is 63.3 Å². The minimum absolute atomic E-state index is 0.170. The SMILES string of the molecule is Cc1ccc(S(=O)(=O)N/N=C/c2cnn3cc(Br)ccc23)cc1. The number of rotatable bonds is 4. The number of hydrogen-bond acceptors (Lipinski definition) is 4. The second kappa shape index (κ2) is 6.13. The molecule has 118 valence electrons. The van der Waals surface area contributed by atoms with Gasteiger partial charge >= 0.3 is 0 Å². The predicted octanol–water partition coefficient (Wildman–Crippen LogP) is 2.72. The lowest BCUT2D eigenvalue weighted by Crippen LogP contribution is -2.18. The van der Waals surface area contributed by atoms with Crippen LogP contribution in [0.4, 0.5) is 0 Å². The van der Waals surface area contributed by atoms with E-state index in [9.17, 15) is 8.42 Å². The van der Waals surface area contributed by atoms with E-state index in [0.717, 1.165) is 15.6 Å². The zero-order chi connectivity index (χ0) is 16.4. The first-order valence-corrected chi connectivity index (χ1v) is 8.98. The van der Waals surface area contributed by atoms with Gasteiger partial charge in [-0.25, -0.2) is 9.35 Å². The minimum atomic E-state index is -3.67. The van der Waals surface area contributed by atoms with Crippen LogP contribution in [-0.2, 0) is 10.0 Å². The third-order valence-electron chi connectivity index (χ3n) is 3.22. The zero-order valence-electron chi connectivity index (χ0n) is 12.1. The summed E-state index contributed by atoms with van der Waals surface area (Å²) in [5, 5.41) is 8.01. The van der Waals surface area contributed by atoms with Crippen LogP contribution in [-0.4, -0.2) is 24.2 Å². The van der Waals surface area contributed by atoms with Gasteiger partial charge in [-0.15, -0.1) is 0 Å². The third-order valence-corrected chi connectivity index (χ3v) is 4.93. The average Bonchev–Trinajstić information content (AvgIpc) is 2.90. The molecule has 0 amide bonds. The zero-order valence-corrected chi connectivity index (χ0v) is 14.5. The maximum absolute atomic E-state index is 12.1. The van der Waals surface area contributed by atoms with E-state index in [4.69, 9.17) is 0 Å². The summed E-state index contributed by atoms with van der Waals surface area (Å²) < 4.78 is 26.8. The van der Waals surface area contributed by atoms with Crippen molar-refractivity contribution in [2.75, 3.05) is 0 Å². The fraction of sp³-hybridized carbons (Fsp3) is 0.0667. The second-order valence-corrected chi connectivity index (χ2v) is 7.52. The molecule has 0 aliphatic rings. The van der Waals surface area contributed by atoms with Crippen molar-refractivity contribution in [1.82, 2.24) is 14.4 Å². The number of benzene rings is 1. The summed E-state index contributed by atoms with van der Waals surface area (Å²) >= 11 is 3.37. The highest BCUT2D eigenvalue weighted by molar-refractivity contribution is 9.10. The Labute approximate surface area is 142 Å². The number of nitrogens with one attached hydrogen (secondary N) is 1. The average molecular weight is 393 g/mol. The highest BCUT2D eigenvalue weighted by Gasteiger charge is 2.12. The van der Waals surface area contributed by atoms with Crippen molar-refractivity contribution in [3.8, 4) is 0 Å². The maximum atomic E-state index is 12.1. The quantitative estimate of drug-likeness (QED) is 0.547. The van der Waals surface area contributed by atoms with Crippen LogP contribution >= 0.6 is 15.9 Å². The van der Waals surface area contributed by atoms with E-state index in [1.54, 1.807) is 35.0 Å². The fourth-order valence-corrected chi connectivity index (χ4v) is 3.13. The molecule has 3 rings (SSSR count). The third kappa shape index (κ3) is 3.43. The molecule has 1 N–H and O–H groups in total. The van der Waals surface area contributed by atoms with Crippen LogP contribution in [0.3, 0.4) is 0 Å². The van der Waals surface area contributed by atoms with E-state index in [2.05, 4.69) is 31.0 Å². The number of fused-ring (bicyclic) bond motifs is 1. The van der Waals surface area contributed by atoms with Gasteiger partial charge in [-0.2, -0.15) is 18.6 Å². The van der Waals surface area contributed by atoms with E-state index in [0.29, 0.717) is 5.56 Å². The van der Waals surface area contributed by atoms with Crippen molar-refractivity contribution in [2.24, 2.45) is 5.10 Å². The van der Waals surface area contributed by atoms with Gasteiger partial charge in [0.25, 0.3) is 10.0 Å². The second-order valence-electron chi connectivity index (χ2n) is 4.94. The summed E-state index contributed by atoms with van der Waals surface area (Å²) in [4.78, 5) is 2.37. The molecule has 0 atom stereocenters. The Bertz CT molecular complexity index is 978. The summed E-state index contributed by atoms with van der Waals surface area (Å²) in [5.41, 5.74) is 2.53. The fourth-order valence-electron chi connectivity index (χ4n) is 2.01. The number of sulfonamides is 1. The standard InChI is InChI=1S/C15H13BrN4O2S/c1-11-2-5-14(6-3-11)23(21,22)19-17-8-12-9-18-20-10-13(16)4-7-15(12)20/h2-10,19H,1H3/b17-8+. The molecule has 1 aromatic carbocycles. The van der Waals surface area contributed by atoms with Gasteiger partial charge in [0.05, 0.1) is 22.8 Å². The number of aromatic nitrogens is 2. The smallest absolute Gasteiger partial charge is 0.239 e. The lowest BCUT2D eigenvalue weighted by Gasteiger charge is -2.03. The van der Waals surface area contributed by atoms with E-state index in [-0.39, 0.29) is 4.90 Å². The minimum Gasteiger partial charge on any atom is -0.239 e. The van der Waals surface area contributed by atoms with Gasteiger partial charge in [-0.1, -0.05) is 17.7 Å². The van der Waals surface area contributed by atoms with Crippen molar-refractivity contribution in [3.63, 3.8) is 0 Å². The highest BCUT2D eigenvalue weighted by atomic mass is 79.9. The van der Waals surface area contributed by atoms with Crippen LogP contribution in [0, 0.1) is 6.92 Å². The van der Waals surface area contributed by atoms with Crippen LogP contribution in [0.25, 0.3) is 5.52 Å². The van der Waals surface area contributed by atoms with Gasteiger partial charge in [0.15, 0.2) is 0 Å². The number of aryl methyl sites for hydroxylation is 1. The van der Waals surface area contributed by atoms with Crippen LogP contribution in [0.2, 0.25) is 0 Å². The van der Waals surface area contributed by atoms with Crippen LogP contribution < -0.4 is 4.83 Å². The molecule has 0 bridgehead atoms. The first kappa shape index (κ1) is 15.7. The largest absolute Gasteiger partial charge is 0.276 e. The number of halogens is 1. The Morgan fingerprint density at radius 1 is 1.22 bits per heavy atom. The molecule has 6 nitrogen and oxygen atoms in total. The highest BCUT2D eigenvalue weighted by Crippen LogP contribution is 2.14. The molecule has 0 saturated heterocycles. The summed E-state index contributed by atoms with van der Waals surface area (Å²) in [6, 6.07) is 10.3. The van der Waals surface area contributed by atoms with E-state index in [1.807, 2.05) is 25.3 Å². The number of hydrazone groups is 1. The lowest BCUT2D eigenvalue weighted by atomic mass is 10.2. The molecule has 0 fully saturated rings. The topological polar surface area (TPSA) is 75.8 Å². The summed E-state index contributed by atoms with van der Waals surface area (Å²) in [6.45, 7) is 1.89. The summed E-state index contributed by atoms with van der Waals surface area (Å²) in [7, 11) is -3.67. The Morgan fingerprint density at radius 3 is 2.70 bits per heavy atom. The molecule has 23 heavy (non-hydrogen) atoms. The Hall–Kier alpha value is -2.19. The number of pyridine rings is 1. The van der Waals surface area contributed by atoms with Gasteiger partial charge in [0.1, 0.15) is 0 Å². The molecule has 8 heteroatoms. The molecule has 0 aliphatic heterocycles. The normalized spacial score (nSPS) is 12.1. The number of nitrogens with zero attached hydrogens (tertiary/aromatic N) is 3. The van der Waals surface area contributed by atoms with Gasteiger partial charge < -0.3 is 0 Å². The molecular weight excluding hydrogens is 380 g/mol. The molecule has 0 unspecified atom stereocenters. The molecule has 2 aromatic heterocycles. The van der Waals surface area contributed by atoms with Gasteiger partial charge in [0, 0.05) is 16.2 Å². The Balaban J connectivity index is 1.81. The van der Waals surface area contributed by atoms with Crippen molar-refractivity contribution < 1.29 is 8.42 Å². The molecule has 0 spiro atoms. The molecule has 0 radical (unpaired) electrons. The molecule has 2 heterocycles. The van der Waals surface area contributed by atoms with Gasteiger partial charge in [-0.3, -0.25) is 0 Å². The van der Waals surface area contributed by atoms with E-state index >= 15 is 0 Å². The maximum Gasteiger partial charge on any atom is 0.276 e. The molecule has 3 aromatic rings. The van der Waals surface area contributed by atoms with Gasteiger partial charge in [-0.05, 0) is 47.1 Å². The summed E-state index contributed by atoms with van der Waals surface area (Å²) in [6.07, 6.45) is 4.86. The molecule has 0 saturated carbocycles. The van der Waals surface area contributed by atoms with Crippen LogP contribution in [0.5, 0.6) is 0 Å². The van der Waals surface area contributed by atoms with E-state index in [1.165, 1.54) is 6.21 Å².